The first-order chi connectivity index (χ1) is 10.2. The molecule has 0 aliphatic carbocycles. The van der Waals surface area contributed by atoms with Gasteiger partial charge < -0.3 is 15.4 Å². The van der Waals surface area contributed by atoms with Gasteiger partial charge in [-0.1, -0.05) is 39.0 Å². The highest BCUT2D eigenvalue weighted by Crippen LogP contribution is 2.21. The van der Waals surface area contributed by atoms with Crippen LogP contribution in [0.4, 0.5) is 10.5 Å². The molecule has 0 bridgehead atoms. The number of nitrogens with one attached hydrogen (secondary N) is 2. The highest BCUT2D eigenvalue weighted by atomic mass is 16.5. The summed E-state index contributed by atoms with van der Waals surface area (Å²) in [4.78, 5) is 11.8. The van der Waals surface area contributed by atoms with Crippen LogP contribution in [0.1, 0.15) is 47.5 Å². The maximum atomic E-state index is 11.8. The van der Waals surface area contributed by atoms with Gasteiger partial charge in [-0.05, 0) is 44.2 Å². The predicted octanol–water partition coefficient (Wildman–Crippen LogP) is 4.43. The highest BCUT2D eigenvalue weighted by molar-refractivity contribution is 5.89. The van der Waals surface area contributed by atoms with E-state index in [1.54, 1.807) is 0 Å². The van der Waals surface area contributed by atoms with Crippen molar-refractivity contribution in [1.82, 2.24) is 5.32 Å². The molecule has 2 amide bonds. The summed E-state index contributed by atoms with van der Waals surface area (Å²) in [5, 5.41) is 5.66. The molecule has 0 fully saturated rings. The number of hydrogen-bond acceptors (Lipinski definition) is 2. The fourth-order valence-electron chi connectivity index (χ4n) is 1.88. The van der Waals surface area contributed by atoms with Crippen molar-refractivity contribution < 1.29 is 9.53 Å². The monoisotopic (exact) mass is 306 g/mol. The van der Waals surface area contributed by atoms with Crippen LogP contribution in [0.3, 0.4) is 0 Å². The molecule has 2 N–H and O–H groups in total. The van der Waals surface area contributed by atoms with Crippen LogP contribution in [0, 0.1) is 5.41 Å². The molecule has 0 unspecified atom stereocenters. The zero-order chi connectivity index (χ0) is 16.6. The average Bonchev–Trinajstić information content (AvgIpc) is 2.37. The summed E-state index contributed by atoms with van der Waals surface area (Å²) < 4.78 is 5.93. The molecule has 0 aliphatic rings. The standard InChI is InChI=1S/C18H30N2O2/c1-17(2,3)12-14-22-18(4,5)11-13-19-16(21)20-15-9-7-6-8-10-15/h6-10H,11-14H2,1-5H3,(H2,19,20,21). The summed E-state index contributed by atoms with van der Waals surface area (Å²) in [5.74, 6) is 0. The second-order valence-electron chi connectivity index (χ2n) is 7.42. The minimum absolute atomic E-state index is 0.184. The summed E-state index contributed by atoms with van der Waals surface area (Å²) in [5.41, 5.74) is 0.843. The maximum Gasteiger partial charge on any atom is 0.319 e. The van der Waals surface area contributed by atoms with Crippen LogP contribution in [0.5, 0.6) is 0 Å². The molecule has 0 saturated carbocycles. The van der Waals surface area contributed by atoms with Crippen LogP contribution >= 0.6 is 0 Å². The summed E-state index contributed by atoms with van der Waals surface area (Å²) >= 11 is 0. The Bertz CT molecular complexity index is 450. The van der Waals surface area contributed by atoms with Gasteiger partial charge in [0, 0.05) is 18.8 Å². The number of para-hydroxylation sites is 1. The Balaban J connectivity index is 2.23. The first-order valence-electron chi connectivity index (χ1n) is 7.92. The Kier molecular flexibility index (Phi) is 6.88. The zero-order valence-corrected chi connectivity index (χ0v) is 14.5. The Labute approximate surface area is 134 Å². The van der Waals surface area contributed by atoms with Gasteiger partial charge in [-0.15, -0.1) is 0 Å². The van der Waals surface area contributed by atoms with Crippen molar-refractivity contribution in [3.05, 3.63) is 30.3 Å². The van der Waals surface area contributed by atoms with E-state index in [0.717, 1.165) is 25.1 Å². The number of urea groups is 1. The van der Waals surface area contributed by atoms with E-state index < -0.39 is 0 Å². The molecule has 124 valence electrons. The topological polar surface area (TPSA) is 50.4 Å². The molecule has 0 radical (unpaired) electrons. The SMILES string of the molecule is CC(C)(C)CCOC(C)(C)CCNC(=O)Nc1ccccc1. The number of amides is 2. The van der Waals surface area contributed by atoms with Crippen LogP contribution in [0.2, 0.25) is 0 Å². The summed E-state index contributed by atoms with van der Waals surface area (Å²) in [7, 11) is 0. The number of hydrogen-bond donors (Lipinski definition) is 2. The lowest BCUT2D eigenvalue weighted by Crippen LogP contribution is -2.35. The molecule has 0 heterocycles. The molecule has 4 heteroatoms. The van der Waals surface area contributed by atoms with Crippen LogP contribution in [0.15, 0.2) is 30.3 Å². The molecule has 1 rings (SSSR count). The summed E-state index contributed by atoms with van der Waals surface area (Å²) in [6, 6.07) is 9.24. The van der Waals surface area contributed by atoms with Crippen LogP contribution in [-0.2, 0) is 4.74 Å². The van der Waals surface area contributed by atoms with Crippen molar-refractivity contribution in [2.75, 3.05) is 18.5 Å². The maximum absolute atomic E-state index is 11.8. The van der Waals surface area contributed by atoms with E-state index in [9.17, 15) is 4.79 Å². The zero-order valence-electron chi connectivity index (χ0n) is 14.5. The molecule has 4 nitrogen and oxygen atoms in total. The van der Waals surface area contributed by atoms with Gasteiger partial charge in [0.25, 0.3) is 0 Å². The van der Waals surface area contributed by atoms with Gasteiger partial charge in [-0.2, -0.15) is 0 Å². The molecule has 1 aromatic rings. The van der Waals surface area contributed by atoms with E-state index >= 15 is 0 Å². The number of anilines is 1. The lowest BCUT2D eigenvalue weighted by molar-refractivity contribution is -0.0320. The molecular formula is C18H30N2O2. The molecule has 1 aromatic carbocycles. The Hall–Kier alpha value is -1.55. The minimum Gasteiger partial charge on any atom is -0.375 e. The van der Waals surface area contributed by atoms with E-state index in [1.165, 1.54) is 0 Å². The van der Waals surface area contributed by atoms with Gasteiger partial charge in [0.05, 0.1) is 5.60 Å². The van der Waals surface area contributed by atoms with E-state index in [0.29, 0.717) is 6.54 Å². The fourth-order valence-corrected chi connectivity index (χ4v) is 1.88. The third-order valence-corrected chi connectivity index (χ3v) is 3.39. The molecule has 0 saturated heterocycles. The first kappa shape index (κ1) is 18.5. The minimum atomic E-state index is -0.231. The first-order valence-corrected chi connectivity index (χ1v) is 7.92. The smallest absolute Gasteiger partial charge is 0.319 e. The highest BCUT2D eigenvalue weighted by Gasteiger charge is 2.20. The van der Waals surface area contributed by atoms with Crippen LogP contribution < -0.4 is 10.6 Å². The fraction of sp³-hybridized carbons (Fsp3) is 0.611. The summed E-state index contributed by atoms with van der Waals surface area (Å²) in [6.07, 6.45) is 1.80. The van der Waals surface area contributed by atoms with Crippen LogP contribution in [0.25, 0.3) is 0 Å². The third kappa shape index (κ3) is 8.67. The third-order valence-electron chi connectivity index (χ3n) is 3.39. The van der Waals surface area contributed by atoms with Crippen molar-refractivity contribution in [2.45, 2.75) is 53.1 Å². The second-order valence-corrected chi connectivity index (χ2v) is 7.42. The van der Waals surface area contributed by atoms with E-state index in [4.69, 9.17) is 4.74 Å². The van der Waals surface area contributed by atoms with Crippen molar-refractivity contribution in [1.29, 1.82) is 0 Å². The average molecular weight is 306 g/mol. The summed E-state index contributed by atoms with van der Waals surface area (Å²) in [6.45, 7) is 12.1. The number of rotatable bonds is 7. The molecule has 0 aliphatic heterocycles. The van der Waals surface area contributed by atoms with Crippen LogP contribution in [-0.4, -0.2) is 24.8 Å². The molecule has 22 heavy (non-hydrogen) atoms. The van der Waals surface area contributed by atoms with E-state index in [1.807, 2.05) is 30.3 Å². The normalized spacial score (nSPS) is 12.0. The number of carbonyl (C=O) groups excluding carboxylic acids is 1. The van der Waals surface area contributed by atoms with Crippen molar-refractivity contribution in [3.8, 4) is 0 Å². The molecule has 0 spiro atoms. The lowest BCUT2D eigenvalue weighted by atomic mass is 9.93. The predicted molar refractivity (Wildman–Crippen MR) is 92.2 cm³/mol. The van der Waals surface area contributed by atoms with Gasteiger partial charge in [0.1, 0.15) is 0 Å². The molecule has 0 aromatic heterocycles. The molecule has 0 atom stereocenters. The van der Waals surface area contributed by atoms with E-state index in [-0.39, 0.29) is 17.0 Å². The second kappa shape index (κ2) is 8.18. The van der Waals surface area contributed by atoms with Gasteiger partial charge in [0.2, 0.25) is 0 Å². The number of carbonyl (C=O) groups is 1. The Morgan fingerprint density at radius 1 is 1.05 bits per heavy atom. The largest absolute Gasteiger partial charge is 0.375 e. The van der Waals surface area contributed by atoms with Gasteiger partial charge in [-0.25, -0.2) is 4.79 Å². The van der Waals surface area contributed by atoms with E-state index in [2.05, 4.69) is 45.3 Å². The number of ether oxygens (including phenoxy) is 1. The number of benzene rings is 1. The van der Waals surface area contributed by atoms with Crippen molar-refractivity contribution >= 4 is 11.7 Å². The van der Waals surface area contributed by atoms with Crippen molar-refractivity contribution in [3.63, 3.8) is 0 Å². The lowest BCUT2D eigenvalue weighted by Gasteiger charge is -2.27. The van der Waals surface area contributed by atoms with Gasteiger partial charge in [0.15, 0.2) is 0 Å². The quantitative estimate of drug-likeness (QED) is 0.783. The Morgan fingerprint density at radius 3 is 2.27 bits per heavy atom. The van der Waals surface area contributed by atoms with Crippen molar-refractivity contribution in [2.24, 2.45) is 5.41 Å². The molecular weight excluding hydrogens is 276 g/mol. The van der Waals surface area contributed by atoms with Gasteiger partial charge in [-0.3, -0.25) is 0 Å². The Morgan fingerprint density at radius 2 is 1.68 bits per heavy atom. The van der Waals surface area contributed by atoms with Gasteiger partial charge >= 0.3 is 6.03 Å².